The van der Waals surface area contributed by atoms with E-state index in [2.05, 4.69) is 26.6 Å². The summed E-state index contributed by atoms with van der Waals surface area (Å²) in [6.07, 6.45) is 6.91. The lowest BCUT2D eigenvalue weighted by atomic mass is 9.94. The van der Waals surface area contributed by atoms with Crippen molar-refractivity contribution in [1.29, 1.82) is 0 Å². The molecule has 1 aliphatic heterocycles. The van der Waals surface area contributed by atoms with Gasteiger partial charge in [-0.1, -0.05) is 11.6 Å². The van der Waals surface area contributed by atoms with Gasteiger partial charge in [0.25, 0.3) is 0 Å². The summed E-state index contributed by atoms with van der Waals surface area (Å²) in [6, 6.07) is 14.9. The van der Waals surface area contributed by atoms with Gasteiger partial charge in [-0.05, 0) is 99.2 Å². The van der Waals surface area contributed by atoms with Crippen molar-refractivity contribution in [2.45, 2.75) is 38.5 Å². The monoisotopic (exact) mass is 452 g/mol. The molecule has 168 valence electrons. The van der Waals surface area contributed by atoms with Crippen LogP contribution in [0.15, 0.2) is 48.5 Å². The maximum atomic E-state index is 13.2. The van der Waals surface area contributed by atoms with Gasteiger partial charge in [-0.3, -0.25) is 4.90 Å². The van der Waals surface area contributed by atoms with Gasteiger partial charge >= 0.3 is 0 Å². The van der Waals surface area contributed by atoms with Gasteiger partial charge in [0, 0.05) is 42.6 Å². The third kappa shape index (κ3) is 4.69. The summed E-state index contributed by atoms with van der Waals surface area (Å²) in [5.41, 5.74) is 6.37. The third-order valence-electron chi connectivity index (χ3n) is 6.79. The molecule has 0 bridgehead atoms. The minimum absolute atomic E-state index is 0.174. The molecular formula is C26H30ClFN4. The number of benzene rings is 2. The van der Waals surface area contributed by atoms with E-state index in [9.17, 15) is 4.39 Å². The minimum atomic E-state index is -0.174. The fourth-order valence-corrected chi connectivity index (χ4v) is 5.15. The lowest BCUT2D eigenvalue weighted by Crippen LogP contribution is -2.46. The molecule has 0 atom stereocenters. The standard InChI is InChI=1S/C26H30ClFN4/c27-20-7-11-23(12-8-20)32-26(24-4-1-2-5-25(24)29-32)6-3-15-30-16-18-31(19-17-30)22-13-9-21(28)10-14-22/h7-14H,1-6,15-19H2. The first kappa shape index (κ1) is 21.5. The van der Waals surface area contributed by atoms with E-state index >= 15 is 0 Å². The highest BCUT2D eigenvalue weighted by Gasteiger charge is 2.22. The Morgan fingerprint density at radius 1 is 0.844 bits per heavy atom. The summed E-state index contributed by atoms with van der Waals surface area (Å²) in [5.74, 6) is -0.174. The Balaban J connectivity index is 1.21. The molecule has 3 aromatic rings. The summed E-state index contributed by atoms with van der Waals surface area (Å²) in [5, 5.41) is 5.75. The molecule has 0 amide bonds. The number of hydrogen-bond donors (Lipinski definition) is 0. The highest BCUT2D eigenvalue weighted by atomic mass is 35.5. The number of rotatable bonds is 6. The fraction of sp³-hybridized carbons (Fsp3) is 0.423. The molecule has 0 unspecified atom stereocenters. The Morgan fingerprint density at radius 3 is 2.28 bits per heavy atom. The second kappa shape index (κ2) is 9.63. The largest absolute Gasteiger partial charge is 0.369 e. The van der Waals surface area contributed by atoms with Crippen LogP contribution in [-0.4, -0.2) is 47.4 Å². The van der Waals surface area contributed by atoms with Crippen molar-refractivity contribution in [2.75, 3.05) is 37.6 Å². The zero-order chi connectivity index (χ0) is 21.9. The van der Waals surface area contributed by atoms with E-state index in [0.717, 1.165) is 74.8 Å². The van der Waals surface area contributed by atoms with Crippen LogP contribution >= 0.6 is 11.6 Å². The zero-order valence-corrected chi connectivity index (χ0v) is 19.2. The molecule has 1 aromatic heterocycles. The molecule has 1 saturated heterocycles. The van der Waals surface area contributed by atoms with E-state index in [4.69, 9.17) is 16.7 Å². The first-order valence-corrected chi connectivity index (χ1v) is 12.1. The summed E-state index contributed by atoms with van der Waals surface area (Å²) in [4.78, 5) is 4.90. The number of aryl methyl sites for hydroxylation is 1. The second-order valence-corrected chi connectivity index (χ2v) is 9.31. The first-order chi connectivity index (χ1) is 15.7. The number of hydrogen-bond acceptors (Lipinski definition) is 3. The highest BCUT2D eigenvalue weighted by molar-refractivity contribution is 6.30. The predicted octanol–water partition coefficient (Wildman–Crippen LogP) is 5.30. The quantitative estimate of drug-likeness (QED) is 0.507. The van der Waals surface area contributed by atoms with Crippen LogP contribution in [0.3, 0.4) is 0 Å². The van der Waals surface area contributed by atoms with E-state index in [-0.39, 0.29) is 5.82 Å². The molecule has 2 heterocycles. The summed E-state index contributed by atoms with van der Waals surface area (Å²) < 4.78 is 15.4. The van der Waals surface area contributed by atoms with Gasteiger partial charge in [0.2, 0.25) is 0 Å². The van der Waals surface area contributed by atoms with Gasteiger partial charge in [-0.25, -0.2) is 9.07 Å². The van der Waals surface area contributed by atoms with Gasteiger partial charge in [-0.2, -0.15) is 5.10 Å². The Bertz CT molecular complexity index is 1040. The fourth-order valence-electron chi connectivity index (χ4n) is 5.02. The number of piperazine rings is 1. The maximum Gasteiger partial charge on any atom is 0.123 e. The van der Waals surface area contributed by atoms with Crippen LogP contribution in [0.5, 0.6) is 0 Å². The van der Waals surface area contributed by atoms with Crippen LogP contribution in [0.2, 0.25) is 5.02 Å². The summed E-state index contributed by atoms with van der Waals surface area (Å²) in [6.45, 7) is 5.17. The van der Waals surface area contributed by atoms with Crippen molar-refractivity contribution in [3.05, 3.63) is 76.3 Å². The molecule has 6 heteroatoms. The zero-order valence-electron chi connectivity index (χ0n) is 18.4. The average molecular weight is 453 g/mol. The van der Waals surface area contributed by atoms with Crippen LogP contribution in [0.1, 0.15) is 36.2 Å². The molecule has 2 aliphatic rings. The Kier molecular flexibility index (Phi) is 6.47. The summed E-state index contributed by atoms with van der Waals surface area (Å²) in [7, 11) is 0. The number of nitrogens with zero attached hydrogens (tertiary/aromatic N) is 4. The molecule has 32 heavy (non-hydrogen) atoms. The topological polar surface area (TPSA) is 24.3 Å². The second-order valence-electron chi connectivity index (χ2n) is 8.88. The van der Waals surface area contributed by atoms with Gasteiger partial charge in [0.05, 0.1) is 11.4 Å². The van der Waals surface area contributed by atoms with Crippen LogP contribution in [0.4, 0.5) is 10.1 Å². The van der Waals surface area contributed by atoms with Crippen molar-refractivity contribution < 1.29 is 4.39 Å². The van der Waals surface area contributed by atoms with E-state index in [0.29, 0.717) is 0 Å². The number of aromatic nitrogens is 2. The number of anilines is 1. The normalized spacial score (nSPS) is 16.9. The maximum absolute atomic E-state index is 13.2. The van der Waals surface area contributed by atoms with Crippen LogP contribution < -0.4 is 4.90 Å². The van der Waals surface area contributed by atoms with Crippen LogP contribution in [0, 0.1) is 5.82 Å². The molecule has 1 aliphatic carbocycles. The lowest BCUT2D eigenvalue weighted by molar-refractivity contribution is 0.254. The molecule has 5 rings (SSSR count). The lowest BCUT2D eigenvalue weighted by Gasteiger charge is -2.36. The van der Waals surface area contributed by atoms with Crippen molar-refractivity contribution in [2.24, 2.45) is 0 Å². The van der Waals surface area contributed by atoms with Crippen LogP contribution in [0.25, 0.3) is 5.69 Å². The van der Waals surface area contributed by atoms with Crippen molar-refractivity contribution in [3.63, 3.8) is 0 Å². The molecule has 0 radical (unpaired) electrons. The third-order valence-corrected chi connectivity index (χ3v) is 7.04. The average Bonchev–Trinajstić information content (AvgIpc) is 3.19. The molecule has 2 aromatic carbocycles. The van der Waals surface area contributed by atoms with E-state index < -0.39 is 0 Å². The van der Waals surface area contributed by atoms with Gasteiger partial charge in [-0.15, -0.1) is 0 Å². The van der Waals surface area contributed by atoms with E-state index in [1.54, 1.807) is 12.1 Å². The Labute approximate surface area is 194 Å². The molecule has 1 fully saturated rings. The van der Waals surface area contributed by atoms with Gasteiger partial charge < -0.3 is 4.90 Å². The van der Waals surface area contributed by atoms with E-state index in [1.807, 2.05) is 24.3 Å². The number of halogens is 2. The predicted molar refractivity (Wildman–Crippen MR) is 129 cm³/mol. The molecular weight excluding hydrogens is 423 g/mol. The van der Waals surface area contributed by atoms with Crippen molar-refractivity contribution in [3.8, 4) is 5.69 Å². The van der Waals surface area contributed by atoms with Crippen molar-refractivity contribution >= 4 is 17.3 Å². The van der Waals surface area contributed by atoms with Gasteiger partial charge in [0.1, 0.15) is 5.82 Å². The Hall–Kier alpha value is -2.37. The minimum Gasteiger partial charge on any atom is -0.369 e. The van der Waals surface area contributed by atoms with Crippen LogP contribution in [-0.2, 0) is 19.3 Å². The smallest absolute Gasteiger partial charge is 0.123 e. The SMILES string of the molecule is Fc1ccc(N2CCN(CCCc3c4c(nn3-c3ccc(Cl)cc3)CCCC4)CC2)cc1. The number of fused-ring (bicyclic) bond motifs is 1. The molecule has 0 spiro atoms. The van der Waals surface area contributed by atoms with Crippen molar-refractivity contribution in [1.82, 2.24) is 14.7 Å². The highest BCUT2D eigenvalue weighted by Crippen LogP contribution is 2.28. The molecule has 4 nitrogen and oxygen atoms in total. The molecule has 0 saturated carbocycles. The van der Waals surface area contributed by atoms with Gasteiger partial charge in [0.15, 0.2) is 0 Å². The summed E-state index contributed by atoms with van der Waals surface area (Å²) >= 11 is 6.11. The first-order valence-electron chi connectivity index (χ1n) is 11.8. The molecule has 0 N–H and O–H groups in total. The Morgan fingerprint density at radius 2 is 1.53 bits per heavy atom. The van der Waals surface area contributed by atoms with E-state index in [1.165, 1.54) is 29.8 Å².